The van der Waals surface area contributed by atoms with E-state index in [9.17, 15) is 14.4 Å². The monoisotopic (exact) mass is 419 g/mol. The molecule has 1 saturated heterocycles. The van der Waals surface area contributed by atoms with Crippen LogP contribution in [0.3, 0.4) is 0 Å². The molecule has 2 fully saturated rings. The molecule has 1 saturated carbocycles. The molecule has 162 valence electrons. The summed E-state index contributed by atoms with van der Waals surface area (Å²) in [4.78, 5) is 42.5. The predicted octanol–water partition coefficient (Wildman–Crippen LogP) is 2.86. The molecule has 3 amide bonds. The van der Waals surface area contributed by atoms with Crippen LogP contribution in [0.5, 0.6) is 0 Å². The molecule has 2 aliphatic rings. The number of carbonyl (C=O) groups excluding carboxylic acids is 3. The lowest BCUT2D eigenvalue weighted by atomic mass is 10.1. The van der Waals surface area contributed by atoms with Crippen molar-refractivity contribution in [2.45, 2.75) is 32.7 Å². The average molecular weight is 420 g/mol. The van der Waals surface area contributed by atoms with Crippen LogP contribution < -0.4 is 4.90 Å². The lowest BCUT2D eigenvalue weighted by molar-refractivity contribution is -0.138. The predicted molar refractivity (Wildman–Crippen MR) is 119 cm³/mol. The summed E-state index contributed by atoms with van der Waals surface area (Å²) < 4.78 is 0. The molecule has 1 aliphatic carbocycles. The molecule has 4 rings (SSSR count). The second-order valence-electron chi connectivity index (χ2n) is 8.41. The number of hydrogen-bond acceptors (Lipinski definition) is 3. The fourth-order valence-electron chi connectivity index (χ4n) is 3.96. The Bertz CT molecular complexity index is 930. The summed E-state index contributed by atoms with van der Waals surface area (Å²) in [6.45, 7) is 4.47. The molecule has 1 heterocycles. The molecule has 6 nitrogen and oxygen atoms in total. The van der Waals surface area contributed by atoms with Crippen molar-refractivity contribution in [3.05, 3.63) is 65.7 Å². The van der Waals surface area contributed by atoms with E-state index in [4.69, 9.17) is 0 Å². The minimum absolute atomic E-state index is 0.0588. The number of nitrogens with zero attached hydrogens (tertiary/aromatic N) is 3. The van der Waals surface area contributed by atoms with E-state index in [1.54, 1.807) is 11.8 Å². The van der Waals surface area contributed by atoms with Crippen molar-refractivity contribution >= 4 is 23.4 Å². The van der Waals surface area contributed by atoms with E-state index >= 15 is 0 Å². The lowest BCUT2D eigenvalue weighted by Gasteiger charge is -2.34. The van der Waals surface area contributed by atoms with E-state index in [2.05, 4.69) is 0 Å². The fraction of sp³-hybridized carbons (Fsp3) is 0.400. The zero-order valence-corrected chi connectivity index (χ0v) is 18.0. The summed E-state index contributed by atoms with van der Waals surface area (Å²) in [6.07, 6.45) is 2.26. The molecule has 0 radical (unpaired) electrons. The van der Waals surface area contributed by atoms with Gasteiger partial charge in [0.25, 0.3) is 0 Å². The first-order valence-corrected chi connectivity index (χ1v) is 11.0. The minimum Gasteiger partial charge on any atom is -0.339 e. The second-order valence-corrected chi connectivity index (χ2v) is 8.41. The summed E-state index contributed by atoms with van der Waals surface area (Å²) in [6, 6.07) is 17.8. The Morgan fingerprint density at radius 1 is 0.839 bits per heavy atom. The van der Waals surface area contributed by atoms with Gasteiger partial charge in [0.15, 0.2) is 0 Å². The van der Waals surface area contributed by atoms with E-state index in [0.717, 1.165) is 29.7 Å². The normalized spacial score (nSPS) is 16.2. The molecule has 0 spiro atoms. The summed E-state index contributed by atoms with van der Waals surface area (Å²) in [7, 11) is 0. The van der Waals surface area contributed by atoms with Crippen LogP contribution in [0.25, 0.3) is 0 Å². The SMILES string of the molecule is CC(=O)N1CCN(C(=O)Cc2ccc(N(Cc3ccccc3)C(=O)C3CC3)cc2)CC1. The van der Waals surface area contributed by atoms with Gasteiger partial charge in [-0.3, -0.25) is 14.4 Å². The third kappa shape index (κ3) is 5.32. The third-order valence-corrected chi connectivity index (χ3v) is 6.06. The molecule has 0 bridgehead atoms. The van der Waals surface area contributed by atoms with Gasteiger partial charge in [0.05, 0.1) is 13.0 Å². The van der Waals surface area contributed by atoms with Gasteiger partial charge in [0.2, 0.25) is 17.7 Å². The zero-order valence-electron chi connectivity index (χ0n) is 18.0. The second kappa shape index (κ2) is 9.33. The lowest BCUT2D eigenvalue weighted by Crippen LogP contribution is -2.50. The van der Waals surface area contributed by atoms with Crippen LogP contribution in [0.1, 0.15) is 30.9 Å². The highest BCUT2D eigenvalue weighted by Gasteiger charge is 2.34. The Kier molecular flexibility index (Phi) is 6.35. The first-order chi connectivity index (χ1) is 15.0. The maximum absolute atomic E-state index is 12.9. The summed E-state index contributed by atoms with van der Waals surface area (Å²) in [5.41, 5.74) is 2.90. The highest BCUT2D eigenvalue weighted by atomic mass is 16.2. The van der Waals surface area contributed by atoms with Crippen LogP contribution in [0.2, 0.25) is 0 Å². The van der Waals surface area contributed by atoms with Crippen LogP contribution in [-0.4, -0.2) is 53.7 Å². The van der Waals surface area contributed by atoms with Gasteiger partial charge in [-0.05, 0) is 36.1 Å². The van der Waals surface area contributed by atoms with Crippen molar-refractivity contribution in [3.8, 4) is 0 Å². The molecule has 6 heteroatoms. The summed E-state index contributed by atoms with van der Waals surface area (Å²) >= 11 is 0. The minimum atomic E-state index is 0.0588. The van der Waals surface area contributed by atoms with Gasteiger partial charge in [-0.1, -0.05) is 42.5 Å². The quantitative estimate of drug-likeness (QED) is 0.723. The first kappa shape index (κ1) is 21.1. The number of anilines is 1. The molecule has 1 aliphatic heterocycles. The van der Waals surface area contributed by atoms with Crippen LogP contribution >= 0.6 is 0 Å². The van der Waals surface area contributed by atoms with E-state index in [-0.39, 0.29) is 23.6 Å². The van der Waals surface area contributed by atoms with E-state index < -0.39 is 0 Å². The van der Waals surface area contributed by atoms with Crippen molar-refractivity contribution in [2.24, 2.45) is 5.92 Å². The molecule has 0 unspecified atom stereocenters. The summed E-state index contributed by atoms with van der Waals surface area (Å²) in [5, 5.41) is 0. The maximum Gasteiger partial charge on any atom is 0.230 e. The fourth-order valence-corrected chi connectivity index (χ4v) is 3.96. The standard InChI is InChI=1S/C25H29N3O3/c1-19(29)26-13-15-27(16-14-26)24(30)17-20-7-11-23(12-8-20)28(25(31)22-9-10-22)18-21-5-3-2-4-6-21/h2-8,11-12,22H,9-10,13-18H2,1H3. The van der Waals surface area contributed by atoms with E-state index in [1.807, 2.05) is 64.4 Å². The van der Waals surface area contributed by atoms with Crippen molar-refractivity contribution in [1.29, 1.82) is 0 Å². The molecule has 2 aromatic carbocycles. The summed E-state index contributed by atoms with van der Waals surface area (Å²) in [5.74, 6) is 0.448. The molecule has 0 atom stereocenters. The van der Waals surface area contributed by atoms with Crippen LogP contribution in [0.4, 0.5) is 5.69 Å². The van der Waals surface area contributed by atoms with Crippen LogP contribution in [-0.2, 0) is 27.3 Å². The highest BCUT2D eigenvalue weighted by molar-refractivity contribution is 5.96. The van der Waals surface area contributed by atoms with Gasteiger partial charge < -0.3 is 14.7 Å². The van der Waals surface area contributed by atoms with Gasteiger partial charge >= 0.3 is 0 Å². The molecule has 0 aromatic heterocycles. The smallest absolute Gasteiger partial charge is 0.230 e. The molecule has 31 heavy (non-hydrogen) atoms. The maximum atomic E-state index is 12.9. The van der Waals surface area contributed by atoms with Crippen LogP contribution in [0, 0.1) is 5.92 Å². The topological polar surface area (TPSA) is 60.9 Å². The first-order valence-electron chi connectivity index (χ1n) is 11.0. The third-order valence-electron chi connectivity index (χ3n) is 6.06. The van der Waals surface area contributed by atoms with Crippen LogP contribution in [0.15, 0.2) is 54.6 Å². The number of piperazine rings is 1. The number of carbonyl (C=O) groups is 3. The van der Waals surface area contributed by atoms with Gasteiger partial charge in [-0.15, -0.1) is 0 Å². The van der Waals surface area contributed by atoms with Crippen molar-refractivity contribution < 1.29 is 14.4 Å². The number of hydrogen-bond donors (Lipinski definition) is 0. The Balaban J connectivity index is 1.40. The van der Waals surface area contributed by atoms with Crippen molar-refractivity contribution in [1.82, 2.24) is 9.80 Å². The van der Waals surface area contributed by atoms with Crippen molar-refractivity contribution in [2.75, 3.05) is 31.1 Å². The molecular weight excluding hydrogens is 390 g/mol. The zero-order chi connectivity index (χ0) is 21.8. The van der Waals surface area contributed by atoms with Gasteiger partial charge in [0.1, 0.15) is 0 Å². The van der Waals surface area contributed by atoms with Gasteiger partial charge in [-0.2, -0.15) is 0 Å². The van der Waals surface area contributed by atoms with Gasteiger partial charge in [-0.25, -0.2) is 0 Å². The largest absolute Gasteiger partial charge is 0.339 e. The van der Waals surface area contributed by atoms with E-state index in [0.29, 0.717) is 39.1 Å². The Hall–Kier alpha value is -3.15. The van der Waals surface area contributed by atoms with Gasteiger partial charge in [0, 0.05) is 44.7 Å². The number of benzene rings is 2. The molecular formula is C25H29N3O3. The molecule has 2 aromatic rings. The Morgan fingerprint density at radius 2 is 1.45 bits per heavy atom. The highest BCUT2D eigenvalue weighted by Crippen LogP contribution is 2.33. The Labute approximate surface area is 183 Å². The van der Waals surface area contributed by atoms with Crippen molar-refractivity contribution in [3.63, 3.8) is 0 Å². The molecule has 0 N–H and O–H groups in total. The number of amides is 3. The van der Waals surface area contributed by atoms with E-state index in [1.165, 1.54) is 0 Å². The average Bonchev–Trinajstić information content (AvgIpc) is 3.64. The number of rotatable bonds is 6. The Morgan fingerprint density at radius 3 is 2.03 bits per heavy atom.